The lowest BCUT2D eigenvalue weighted by Gasteiger charge is -2.30. The van der Waals surface area contributed by atoms with E-state index in [0.29, 0.717) is 18.9 Å². The Morgan fingerprint density at radius 2 is 1.84 bits per heavy atom. The van der Waals surface area contributed by atoms with Crippen LogP contribution < -0.4 is 0 Å². The van der Waals surface area contributed by atoms with Crippen LogP contribution in [0.2, 0.25) is 0 Å². The van der Waals surface area contributed by atoms with Crippen molar-refractivity contribution in [1.29, 1.82) is 0 Å². The highest BCUT2D eigenvalue weighted by Crippen LogP contribution is 2.25. The van der Waals surface area contributed by atoms with Gasteiger partial charge in [-0.3, -0.25) is 9.69 Å². The Morgan fingerprint density at radius 3 is 2.52 bits per heavy atom. The Bertz CT molecular complexity index is 555. The number of nitrogens with zero attached hydrogens (tertiary/aromatic N) is 2. The zero-order chi connectivity index (χ0) is 17.6. The Kier molecular flexibility index (Phi) is 6.45. The van der Waals surface area contributed by atoms with Crippen molar-refractivity contribution in [2.45, 2.75) is 19.8 Å². The molecule has 2 saturated heterocycles. The molecule has 2 unspecified atom stereocenters. The highest BCUT2D eigenvalue weighted by Gasteiger charge is 2.35. The number of likely N-dealkylation sites (tertiary alicyclic amines) is 1. The lowest BCUT2D eigenvalue weighted by Crippen LogP contribution is -2.41. The van der Waals surface area contributed by atoms with Crippen LogP contribution in [0.1, 0.15) is 17.5 Å². The fraction of sp³-hybridized carbons (Fsp3) is 0.650. The number of ether oxygens (including phenoxy) is 1. The van der Waals surface area contributed by atoms with Crippen LogP contribution in [0.25, 0.3) is 0 Å². The summed E-state index contributed by atoms with van der Waals surface area (Å²) in [6.45, 7) is 8.14. The van der Waals surface area contributed by atoms with Crippen molar-refractivity contribution in [2.75, 3.05) is 52.5 Å². The first-order chi connectivity index (χ1) is 12.2. The number of hydrogen-bond donors (Lipinski definition) is 1. The predicted molar refractivity (Wildman–Crippen MR) is 97.4 cm³/mol. The van der Waals surface area contributed by atoms with E-state index in [-0.39, 0.29) is 18.4 Å². The first-order valence-electron chi connectivity index (χ1n) is 9.40. The minimum atomic E-state index is 0.163. The Hall–Kier alpha value is -1.43. The Labute approximate surface area is 150 Å². The molecule has 2 aliphatic heterocycles. The maximum Gasteiger partial charge on any atom is 0.222 e. The van der Waals surface area contributed by atoms with Crippen LogP contribution >= 0.6 is 0 Å². The smallest absolute Gasteiger partial charge is 0.222 e. The highest BCUT2D eigenvalue weighted by molar-refractivity contribution is 5.76. The zero-order valence-corrected chi connectivity index (χ0v) is 15.2. The van der Waals surface area contributed by atoms with E-state index in [1.165, 1.54) is 11.1 Å². The molecule has 2 heterocycles. The van der Waals surface area contributed by atoms with Crippen molar-refractivity contribution in [3.05, 3.63) is 35.4 Å². The van der Waals surface area contributed by atoms with Gasteiger partial charge in [0.05, 0.1) is 13.2 Å². The molecule has 5 nitrogen and oxygen atoms in total. The van der Waals surface area contributed by atoms with Gasteiger partial charge in [0.25, 0.3) is 0 Å². The molecule has 25 heavy (non-hydrogen) atoms. The Balaban J connectivity index is 1.49. The van der Waals surface area contributed by atoms with E-state index in [4.69, 9.17) is 4.74 Å². The van der Waals surface area contributed by atoms with E-state index in [2.05, 4.69) is 36.1 Å². The van der Waals surface area contributed by atoms with Gasteiger partial charge in [0, 0.05) is 51.7 Å². The zero-order valence-electron chi connectivity index (χ0n) is 15.2. The molecule has 0 aliphatic carbocycles. The fourth-order valence-electron chi connectivity index (χ4n) is 3.84. The molecule has 2 atom stereocenters. The van der Waals surface area contributed by atoms with Crippen molar-refractivity contribution in [2.24, 2.45) is 11.8 Å². The number of carbonyl (C=O) groups excluding carboxylic acids is 1. The van der Waals surface area contributed by atoms with Gasteiger partial charge in [-0.25, -0.2) is 0 Å². The second-order valence-electron chi connectivity index (χ2n) is 7.40. The van der Waals surface area contributed by atoms with Gasteiger partial charge in [0.1, 0.15) is 0 Å². The summed E-state index contributed by atoms with van der Waals surface area (Å²) in [5.74, 6) is 0.779. The number of amides is 1. The molecule has 0 saturated carbocycles. The molecule has 1 amide bonds. The maximum atomic E-state index is 12.6. The fourth-order valence-corrected chi connectivity index (χ4v) is 3.84. The summed E-state index contributed by atoms with van der Waals surface area (Å²) in [5, 5.41) is 9.72. The topological polar surface area (TPSA) is 53.0 Å². The quantitative estimate of drug-likeness (QED) is 0.844. The number of hydrogen-bond acceptors (Lipinski definition) is 4. The van der Waals surface area contributed by atoms with Gasteiger partial charge in [-0.15, -0.1) is 0 Å². The second kappa shape index (κ2) is 8.79. The molecule has 0 spiro atoms. The number of rotatable bonds is 6. The second-order valence-corrected chi connectivity index (χ2v) is 7.40. The molecule has 0 aromatic heterocycles. The van der Waals surface area contributed by atoms with Crippen molar-refractivity contribution < 1.29 is 14.6 Å². The van der Waals surface area contributed by atoms with Gasteiger partial charge in [-0.2, -0.15) is 0 Å². The van der Waals surface area contributed by atoms with Crippen LogP contribution in [0.5, 0.6) is 0 Å². The number of aryl methyl sites for hydroxylation is 2. The molecule has 2 aliphatic rings. The molecular weight excluding hydrogens is 316 g/mol. The van der Waals surface area contributed by atoms with E-state index in [9.17, 15) is 9.90 Å². The molecular formula is C20H30N2O3. The van der Waals surface area contributed by atoms with Crippen molar-refractivity contribution in [3.63, 3.8) is 0 Å². The average molecular weight is 346 g/mol. The van der Waals surface area contributed by atoms with Gasteiger partial charge in [-0.1, -0.05) is 29.8 Å². The number of morpholine rings is 1. The highest BCUT2D eigenvalue weighted by atomic mass is 16.5. The third-order valence-corrected chi connectivity index (χ3v) is 5.51. The summed E-state index contributed by atoms with van der Waals surface area (Å²) in [4.78, 5) is 17.0. The van der Waals surface area contributed by atoms with Crippen LogP contribution in [-0.2, 0) is 16.0 Å². The Morgan fingerprint density at radius 1 is 1.16 bits per heavy atom. The SMILES string of the molecule is Cc1ccc(CCC(=O)N2CC(CO)C(CN3CCOCC3)C2)cc1. The number of benzene rings is 1. The average Bonchev–Trinajstić information content (AvgIpc) is 3.05. The van der Waals surface area contributed by atoms with Crippen molar-refractivity contribution in [1.82, 2.24) is 9.80 Å². The van der Waals surface area contributed by atoms with Crippen molar-refractivity contribution >= 4 is 5.91 Å². The molecule has 3 rings (SSSR count). The minimum Gasteiger partial charge on any atom is -0.396 e. The van der Waals surface area contributed by atoms with Crippen LogP contribution in [0.4, 0.5) is 0 Å². The van der Waals surface area contributed by atoms with Gasteiger partial charge in [0.15, 0.2) is 0 Å². The van der Waals surface area contributed by atoms with Gasteiger partial charge < -0.3 is 14.7 Å². The molecule has 5 heteroatoms. The van der Waals surface area contributed by atoms with Gasteiger partial charge in [-0.05, 0) is 24.8 Å². The van der Waals surface area contributed by atoms with E-state index in [1.54, 1.807) is 0 Å². The van der Waals surface area contributed by atoms with Crippen LogP contribution in [0.3, 0.4) is 0 Å². The molecule has 1 aromatic rings. The first-order valence-corrected chi connectivity index (χ1v) is 9.40. The summed E-state index contributed by atoms with van der Waals surface area (Å²) >= 11 is 0. The van der Waals surface area contributed by atoms with E-state index in [1.807, 2.05) is 4.90 Å². The summed E-state index contributed by atoms with van der Waals surface area (Å²) in [6, 6.07) is 8.39. The van der Waals surface area contributed by atoms with Crippen LogP contribution in [0.15, 0.2) is 24.3 Å². The number of aliphatic hydroxyl groups is 1. The minimum absolute atomic E-state index is 0.163. The molecule has 138 valence electrons. The lowest BCUT2D eigenvalue weighted by molar-refractivity contribution is -0.130. The standard InChI is InChI=1S/C20H30N2O3/c1-16-2-4-17(5-3-16)6-7-20(24)22-13-18(19(14-22)15-23)12-21-8-10-25-11-9-21/h2-5,18-19,23H,6-15H2,1H3. The van der Waals surface area contributed by atoms with Crippen LogP contribution in [0, 0.1) is 18.8 Å². The monoisotopic (exact) mass is 346 g/mol. The summed E-state index contributed by atoms with van der Waals surface area (Å²) in [6.07, 6.45) is 1.33. The third-order valence-electron chi connectivity index (χ3n) is 5.51. The molecule has 0 radical (unpaired) electrons. The predicted octanol–water partition coefficient (Wildman–Crippen LogP) is 1.33. The molecule has 2 fully saturated rings. The molecule has 1 aromatic carbocycles. The van der Waals surface area contributed by atoms with Crippen molar-refractivity contribution in [3.8, 4) is 0 Å². The molecule has 1 N–H and O–H groups in total. The maximum absolute atomic E-state index is 12.6. The number of carbonyl (C=O) groups is 1. The number of aliphatic hydroxyl groups excluding tert-OH is 1. The molecule has 0 bridgehead atoms. The van der Waals surface area contributed by atoms with Crippen LogP contribution in [-0.4, -0.2) is 73.4 Å². The summed E-state index contributed by atoms with van der Waals surface area (Å²) in [7, 11) is 0. The lowest BCUT2D eigenvalue weighted by atomic mass is 9.96. The van der Waals surface area contributed by atoms with E-state index < -0.39 is 0 Å². The first kappa shape index (κ1) is 18.4. The van der Waals surface area contributed by atoms with Gasteiger partial charge in [0.2, 0.25) is 5.91 Å². The summed E-state index contributed by atoms with van der Waals surface area (Å²) in [5.41, 5.74) is 2.45. The van der Waals surface area contributed by atoms with E-state index >= 15 is 0 Å². The largest absolute Gasteiger partial charge is 0.396 e. The summed E-state index contributed by atoms with van der Waals surface area (Å²) < 4.78 is 5.40. The van der Waals surface area contributed by atoms with Gasteiger partial charge >= 0.3 is 0 Å². The normalized spacial score (nSPS) is 24.6. The third kappa shape index (κ3) is 5.03. The van der Waals surface area contributed by atoms with E-state index in [0.717, 1.165) is 45.8 Å².